The standard InChI is InChI=1S/C23H32N4O2.HI/c1-5-7-22(28)27-20-9-6-8-19(14-20)16-26-23(24-3)25-13-12-18-11-10-17(2)21(15-18)29-4;/h6,8-11,14-15H,5,7,12-13,16H2,1-4H3,(H,27,28)(H2,24,25,26);1H. The fourth-order valence-corrected chi connectivity index (χ4v) is 2.96. The van der Waals surface area contributed by atoms with Crippen LogP contribution in [-0.4, -0.2) is 32.6 Å². The lowest BCUT2D eigenvalue weighted by Crippen LogP contribution is -2.37. The SMILES string of the molecule is CCCC(=O)Nc1cccc(CNC(=NC)NCCc2ccc(C)c(OC)c2)c1.I. The third-order valence-electron chi connectivity index (χ3n) is 4.55. The first-order valence-electron chi connectivity index (χ1n) is 10.0. The summed E-state index contributed by atoms with van der Waals surface area (Å²) in [5, 5.41) is 9.57. The number of hydrogen-bond acceptors (Lipinski definition) is 3. The molecule has 0 spiro atoms. The van der Waals surface area contributed by atoms with Crippen molar-refractivity contribution in [3.63, 3.8) is 0 Å². The lowest BCUT2D eigenvalue weighted by Gasteiger charge is -2.13. The van der Waals surface area contributed by atoms with E-state index in [0.717, 1.165) is 47.9 Å². The minimum absolute atomic E-state index is 0. The average Bonchev–Trinajstić information content (AvgIpc) is 2.72. The van der Waals surface area contributed by atoms with Crippen molar-refractivity contribution in [1.82, 2.24) is 10.6 Å². The number of nitrogens with zero attached hydrogens (tertiary/aromatic N) is 1. The van der Waals surface area contributed by atoms with Crippen LogP contribution < -0.4 is 20.7 Å². The van der Waals surface area contributed by atoms with Crippen molar-refractivity contribution in [3.8, 4) is 5.75 Å². The van der Waals surface area contributed by atoms with Gasteiger partial charge in [0.25, 0.3) is 0 Å². The van der Waals surface area contributed by atoms with E-state index < -0.39 is 0 Å². The first kappa shape index (κ1) is 25.7. The lowest BCUT2D eigenvalue weighted by molar-refractivity contribution is -0.116. The Bertz CT molecular complexity index is 840. The van der Waals surface area contributed by atoms with Gasteiger partial charge in [-0.3, -0.25) is 9.79 Å². The number of ether oxygens (including phenoxy) is 1. The number of aryl methyl sites for hydroxylation is 1. The second kappa shape index (κ2) is 13.8. The van der Waals surface area contributed by atoms with Crippen LogP contribution in [0.4, 0.5) is 5.69 Å². The summed E-state index contributed by atoms with van der Waals surface area (Å²) in [6, 6.07) is 14.1. The highest BCUT2D eigenvalue weighted by molar-refractivity contribution is 14.0. The third kappa shape index (κ3) is 8.61. The highest BCUT2D eigenvalue weighted by atomic mass is 127. The van der Waals surface area contributed by atoms with Crippen molar-refractivity contribution < 1.29 is 9.53 Å². The molecular formula is C23H33IN4O2. The molecule has 2 aromatic carbocycles. The number of nitrogens with one attached hydrogen (secondary N) is 3. The normalized spacial score (nSPS) is 10.7. The van der Waals surface area contributed by atoms with E-state index in [2.05, 4.69) is 39.1 Å². The van der Waals surface area contributed by atoms with E-state index in [1.54, 1.807) is 14.2 Å². The Kier molecular flexibility index (Phi) is 11.9. The topological polar surface area (TPSA) is 74.8 Å². The zero-order valence-corrected chi connectivity index (χ0v) is 20.6. The zero-order valence-electron chi connectivity index (χ0n) is 18.2. The maximum absolute atomic E-state index is 11.8. The minimum atomic E-state index is 0. The van der Waals surface area contributed by atoms with E-state index in [4.69, 9.17) is 4.74 Å². The Morgan fingerprint density at radius 2 is 1.90 bits per heavy atom. The quantitative estimate of drug-likeness (QED) is 0.260. The molecule has 0 bridgehead atoms. The second-order valence-electron chi connectivity index (χ2n) is 6.91. The number of hydrogen-bond donors (Lipinski definition) is 3. The third-order valence-corrected chi connectivity index (χ3v) is 4.55. The Hall–Kier alpha value is -2.29. The van der Waals surface area contributed by atoms with Gasteiger partial charge in [0.15, 0.2) is 5.96 Å². The molecule has 0 atom stereocenters. The van der Waals surface area contributed by atoms with E-state index in [-0.39, 0.29) is 29.9 Å². The molecule has 0 saturated carbocycles. The van der Waals surface area contributed by atoms with Crippen LogP contribution in [0.5, 0.6) is 5.75 Å². The molecule has 0 saturated heterocycles. The molecular weight excluding hydrogens is 491 g/mol. The van der Waals surface area contributed by atoms with Gasteiger partial charge in [-0.1, -0.05) is 31.2 Å². The van der Waals surface area contributed by atoms with Crippen molar-refractivity contribution in [2.45, 2.75) is 39.7 Å². The van der Waals surface area contributed by atoms with Gasteiger partial charge in [-0.2, -0.15) is 0 Å². The molecule has 2 aromatic rings. The summed E-state index contributed by atoms with van der Waals surface area (Å²) in [5.74, 6) is 1.70. The van der Waals surface area contributed by atoms with E-state index in [1.807, 2.05) is 38.1 Å². The molecule has 7 heteroatoms. The van der Waals surface area contributed by atoms with Crippen molar-refractivity contribution in [3.05, 3.63) is 59.2 Å². The number of aliphatic imine (C=N–C) groups is 1. The molecule has 0 unspecified atom stereocenters. The Labute approximate surface area is 196 Å². The number of rotatable bonds is 9. The Morgan fingerprint density at radius 1 is 1.10 bits per heavy atom. The maximum atomic E-state index is 11.8. The smallest absolute Gasteiger partial charge is 0.224 e. The van der Waals surface area contributed by atoms with Crippen LogP contribution in [0.25, 0.3) is 0 Å². The fraction of sp³-hybridized carbons (Fsp3) is 0.391. The summed E-state index contributed by atoms with van der Waals surface area (Å²) in [5.41, 5.74) is 4.24. The number of anilines is 1. The molecule has 0 aliphatic carbocycles. The van der Waals surface area contributed by atoms with Crippen LogP contribution in [0.1, 0.15) is 36.5 Å². The lowest BCUT2D eigenvalue weighted by atomic mass is 10.1. The molecule has 0 fully saturated rings. The van der Waals surface area contributed by atoms with Gasteiger partial charge in [-0.15, -0.1) is 24.0 Å². The summed E-state index contributed by atoms with van der Waals surface area (Å²) >= 11 is 0. The molecule has 164 valence electrons. The average molecular weight is 524 g/mol. The van der Waals surface area contributed by atoms with Gasteiger partial charge < -0.3 is 20.7 Å². The number of guanidine groups is 1. The van der Waals surface area contributed by atoms with Crippen molar-refractivity contribution in [1.29, 1.82) is 0 Å². The van der Waals surface area contributed by atoms with Crippen molar-refractivity contribution in [2.24, 2.45) is 4.99 Å². The van der Waals surface area contributed by atoms with Crippen LogP contribution in [0, 0.1) is 6.92 Å². The molecule has 30 heavy (non-hydrogen) atoms. The van der Waals surface area contributed by atoms with Crippen LogP contribution in [0.15, 0.2) is 47.5 Å². The predicted molar refractivity (Wildman–Crippen MR) is 135 cm³/mol. The molecule has 0 aliphatic rings. The number of halogens is 1. The van der Waals surface area contributed by atoms with Crippen molar-refractivity contribution >= 4 is 41.5 Å². The Morgan fingerprint density at radius 3 is 2.60 bits per heavy atom. The van der Waals surface area contributed by atoms with Gasteiger partial charge in [0, 0.05) is 32.2 Å². The van der Waals surface area contributed by atoms with Crippen LogP contribution >= 0.6 is 24.0 Å². The second-order valence-corrected chi connectivity index (χ2v) is 6.91. The van der Waals surface area contributed by atoms with Gasteiger partial charge in [-0.05, 0) is 54.7 Å². The molecule has 3 N–H and O–H groups in total. The molecule has 0 aromatic heterocycles. The monoisotopic (exact) mass is 524 g/mol. The summed E-state index contributed by atoms with van der Waals surface area (Å²) in [7, 11) is 3.45. The Balaban J connectivity index is 0.00000450. The van der Waals surface area contributed by atoms with Crippen LogP contribution in [0.3, 0.4) is 0 Å². The predicted octanol–water partition coefficient (Wildman–Crippen LogP) is 4.27. The first-order chi connectivity index (χ1) is 14.0. The summed E-state index contributed by atoms with van der Waals surface area (Å²) in [6.07, 6.45) is 2.24. The van der Waals surface area contributed by atoms with Gasteiger partial charge in [-0.25, -0.2) is 0 Å². The molecule has 2 rings (SSSR count). The first-order valence-corrected chi connectivity index (χ1v) is 10.0. The molecule has 0 radical (unpaired) electrons. The summed E-state index contributed by atoms with van der Waals surface area (Å²) < 4.78 is 5.39. The van der Waals surface area contributed by atoms with Crippen LogP contribution in [0.2, 0.25) is 0 Å². The largest absolute Gasteiger partial charge is 0.496 e. The summed E-state index contributed by atoms with van der Waals surface area (Å²) in [6.45, 7) is 5.42. The molecule has 1 amide bonds. The van der Waals surface area contributed by atoms with Crippen molar-refractivity contribution in [2.75, 3.05) is 26.0 Å². The molecule has 0 aliphatic heterocycles. The van der Waals surface area contributed by atoms with Gasteiger partial charge in [0.2, 0.25) is 5.91 Å². The minimum Gasteiger partial charge on any atom is -0.496 e. The highest BCUT2D eigenvalue weighted by Crippen LogP contribution is 2.19. The van der Waals surface area contributed by atoms with E-state index in [0.29, 0.717) is 13.0 Å². The van der Waals surface area contributed by atoms with Crippen LogP contribution in [-0.2, 0) is 17.8 Å². The number of benzene rings is 2. The molecule has 0 heterocycles. The van der Waals surface area contributed by atoms with E-state index >= 15 is 0 Å². The highest BCUT2D eigenvalue weighted by Gasteiger charge is 2.04. The number of amides is 1. The summed E-state index contributed by atoms with van der Waals surface area (Å²) in [4.78, 5) is 16.0. The fourth-order valence-electron chi connectivity index (χ4n) is 2.96. The van der Waals surface area contributed by atoms with Gasteiger partial charge in [0.1, 0.15) is 5.75 Å². The number of methoxy groups -OCH3 is 1. The van der Waals surface area contributed by atoms with E-state index in [1.165, 1.54) is 5.56 Å². The maximum Gasteiger partial charge on any atom is 0.224 e. The zero-order chi connectivity index (χ0) is 21.1. The number of carbonyl (C=O) groups excluding carboxylic acids is 1. The van der Waals surface area contributed by atoms with Gasteiger partial charge >= 0.3 is 0 Å². The van der Waals surface area contributed by atoms with Gasteiger partial charge in [0.05, 0.1) is 7.11 Å². The number of carbonyl (C=O) groups is 1. The molecule has 6 nitrogen and oxygen atoms in total. The van der Waals surface area contributed by atoms with E-state index in [9.17, 15) is 4.79 Å².